The van der Waals surface area contributed by atoms with Gasteiger partial charge in [-0.1, -0.05) is 6.07 Å². The van der Waals surface area contributed by atoms with E-state index in [0.29, 0.717) is 17.2 Å². The smallest absolute Gasteiger partial charge is 0.203 e. The molecular formula is C18H18F2N2O4. The Bertz CT molecular complexity index is 763. The lowest BCUT2D eigenvalue weighted by molar-refractivity contribution is 0.113. The fourth-order valence-corrected chi connectivity index (χ4v) is 2.22. The molecular weight excluding hydrogens is 346 g/mol. The fourth-order valence-electron chi connectivity index (χ4n) is 2.22. The van der Waals surface area contributed by atoms with Crippen molar-refractivity contribution in [2.24, 2.45) is 0 Å². The molecule has 0 bridgehead atoms. The second kappa shape index (κ2) is 8.87. The van der Waals surface area contributed by atoms with E-state index in [0.717, 1.165) is 12.1 Å². The lowest BCUT2D eigenvalue weighted by Crippen LogP contribution is -2.27. The van der Waals surface area contributed by atoms with Crippen molar-refractivity contribution in [3.05, 3.63) is 47.5 Å². The summed E-state index contributed by atoms with van der Waals surface area (Å²) in [4.78, 5) is 0. The van der Waals surface area contributed by atoms with Gasteiger partial charge in [-0.15, -0.1) is 0 Å². The van der Waals surface area contributed by atoms with Crippen LogP contribution in [0.25, 0.3) is 0 Å². The van der Waals surface area contributed by atoms with Gasteiger partial charge in [0.2, 0.25) is 5.75 Å². The summed E-state index contributed by atoms with van der Waals surface area (Å²) in [6.07, 6.45) is -1.07. The quantitative estimate of drug-likeness (QED) is 0.749. The van der Waals surface area contributed by atoms with Crippen molar-refractivity contribution in [3.8, 4) is 23.3 Å². The highest BCUT2D eigenvalue weighted by atomic mass is 19.1. The number of nitriles is 1. The molecule has 0 amide bonds. The number of nitrogens with zero attached hydrogens (tertiary/aromatic N) is 1. The van der Waals surface area contributed by atoms with Crippen molar-refractivity contribution < 1.29 is 28.1 Å². The van der Waals surface area contributed by atoms with Crippen LogP contribution in [0.5, 0.6) is 17.2 Å². The van der Waals surface area contributed by atoms with E-state index >= 15 is 0 Å². The molecule has 0 unspecified atom stereocenters. The topological polar surface area (TPSA) is 83.7 Å². The Morgan fingerprint density at radius 1 is 1.15 bits per heavy atom. The van der Waals surface area contributed by atoms with Crippen LogP contribution in [0.3, 0.4) is 0 Å². The summed E-state index contributed by atoms with van der Waals surface area (Å²) < 4.78 is 43.5. The van der Waals surface area contributed by atoms with Gasteiger partial charge in [0.05, 0.1) is 25.9 Å². The minimum absolute atomic E-state index is 0.127. The van der Waals surface area contributed by atoms with Crippen LogP contribution in [0.1, 0.15) is 5.56 Å². The van der Waals surface area contributed by atoms with E-state index < -0.39 is 23.4 Å². The molecule has 0 heterocycles. The molecule has 0 saturated carbocycles. The molecule has 8 heteroatoms. The summed E-state index contributed by atoms with van der Waals surface area (Å²) in [5.41, 5.74) is -0.546. The molecule has 1 atom stereocenters. The number of anilines is 1. The number of nitrogens with one attached hydrogen (secondary N) is 1. The average molecular weight is 364 g/mol. The number of ether oxygens (including phenoxy) is 3. The van der Waals surface area contributed by atoms with Gasteiger partial charge in [0.15, 0.2) is 23.1 Å². The predicted octanol–water partition coefficient (Wildman–Crippen LogP) is 2.71. The van der Waals surface area contributed by atoms with Crippen molar-refractivity contribution in [2.45, 2.75) is 6.10 Å². The zero-order chi connectivity index (χ0) is 19.1. The third-order valence-corrected chi connectivity index (χ3v) is 3.49. The molecule has 0 radical (unpaired) electrons. The van der Waals surface area contributed by atoms with Crippen LogP contribution < -0.4 is 19.5 Å². The van der Waals surface area contributed by atoms with Crippen molar-refractivity contribution in [3.63, 3.8) is 0 Å². The summed E-state index contributed by atoms with van der Waals surface area (Å²) in [5, 5.41) is 21.2. The molecule has 138 valence electrons. The standard InChI is InChI=1S/C18H18F2N2O4/c1-24-15-4-3-5-16(25-2)18(15)26-10-12(23)9-22-17-13(19)6-11(8-21)7-14(17)20/h3-7,12,22-23H,9-10H2,1-2H3/t12-/m0/s1. The van der Waals surface area contributed by atoms with Crippen LogP contribution in [-0.2, 0) is 0 Å². The van der Waals surface area contributed by atoms with E-state index in [-0.39, 0.29) is 18.7 Å². The molecule has 0 fully saturated rings. The number of hydrogen-bond acceptors (Lipinski definition) is 6. The average Bonchev–Trinajstić information content (AvgIpc) is 2.64. The molecule has 2 aromatic carbocycles. The Morgan fingerprint density at radius 2 is 1.73 bits per heavy atom. The first kappa shape index (κ1) is 19.3. The van der Waals surface area contributed by atoms with E-state index in [4.69, 9.17) is 19.5 Å². The van der Waals surface area contributed by atoms with Crippen LogP contribution in [0.15, 0.2) is 30.3 Å². The van der Waals surface area contributed by atoms with Gasteiger partial charge in [-0.2, -0.15) is 5.26 Å². The molecule has 0 aliphatic heterocycles. The Kier molecular flexibility index (Phi) is 6.58. The molecule has 26 heavy (non-hydrogen) atoms. The number of aliphatic hydroxyl groups excluding tert-OH is 1. The normalized spacial score (nSPS) is 11.4. The minimum atomic E-state index is -1.07. The van der Waals surface area contributed by atoms with Crippen LogP contribution in [0, 0.1) is 23.0 Å². The highest BCUT2D eigenvalue weighted by Crippen LogP contribution is 2.36. The van der Waals surface area contributed by atoms with Gasteiger partial charge in [-0.3, -0.25) is 0 Å². The van der Waals surface area contributed by atoms with Gasteiger partial charge in [-0.25, -0.2) is 8.78 Å². The van der Waals surface area contributed by atoms with E-state index in [1.54, 1.807) is 24.3 Å². The summed E-state index contributed by atoms with van der Waals surface area (Å²) >= 11 is 0. The highest BCUT2D eigenvalue weighted by Gasteiger charge is 2.16. The SMILES string of the molecule is COc1cccc(OC)c1OC[C@@H](O)CNc1c(F)cc(C#N)cc1F. The maximum atomic E-state index is 13.8. The van der Waals surface area contributed by atoms with Gasteiger partial charge in [-0.05, 0) is 24.3 Å². The molecule has 2 N–H and O–H groups in total. The third-order valence-electron chi connectivity index (χ3n) is 3.49. The molecule has 2 aromatic rings. The first-order valence-corrected chi connectivity index (χ1v) is 7.65. The summed E-state index contributed by atoms with van der Waals surface area (Å²) in [6, 6.07) is 8.54. The van der Waals surface area contributed by atoms with Crippen molar-refractivity contribution >= 4 is 5.69 Å². The summed E-state index contributed by atoms with van der Waals surface area (Å²) in [6.45, 7) is -0.333. The molecule has 0 aliphatic rings. The van der Waals surface area contributed by atoms with E-state index in [1.165, 1.54) is 14.2 Å². The first-order valence-electron chi connectivity index (χ1n) is 7.65. The number of halogens is 2. The van der Waals surface area contributed by atoms with Gasteiger partial charge in [0.1, 0.15) is 18.4 Å². The number of para-hydroxylation sites is 1. The monoisotopic (exact) mass is 364 g/mol. The number of hydrogen-bond donors (Lipinski definition) is 2. The number of aliphatic hydroxyl groups is 1. The van der Waals surface area contributed by atoms with Crippen LogP contribution >= 0.6 is 0 Å². The van der Waals surface area contributed by atoms with E-state index in [1.807, 2.05) is 0 Å². The van der Waals surface area contributed by atoms with Gasteiger partial charge >= 0.3 is 0 Å². The summed E-state index contributed by atoms with van der Waals surface area (Å²) in [7, 11) is 2.94. The Labute approximate surface area is 149 Å². The zero-order valence-corrected chi connectivity index (χ0v) is 14.3. The lowest BCUT2D eigenvalue weighted by Gasteiger charge is -2.17. The van der Waals surface area contributed by atoms with Crippen LogP contribution in [0.2, 0.25) is 0 Å². The largest absolute Gasteiger partial charge is 0.493 e. The molecule has 0 spiro atoms. The van der Waals surface area contributed by atoms with Crippen molar-refractivity contribution in [2.75, 3.05) is 32.7 Å². The lowest BCUT2D eigenvalue weighted by atomic mass is 10.2. The molecule has 0 aliphatic carbocycles. The van der Waals surface area contributed by atoms with Gasteiger partial charge < -0.3 is 24.6 Å². The highest BCUT2D eigenvalue weighted by molar-refractivity contribution is 5.51. The van der Waals surface area contributed by atoms with Gasteiger partial charge in [0, 0.05) is 6.54 Å². The number of rotatable bonds is 8. The van der Waals surface area contributed by atoms with Crippen LogP contribution in [-0.4, -0.2) is 38.6 Å². The second-order valence-corrected chi connectivity index (χ2v) is 5.26. The number of benzene rings is 2. The molecule has 0 aromatic heterocycles. The Hall–Kier alpha value is -3.05. The zero-order valence-electron chi connectivity index (χ0n) is 14.3. The third kappa shape index (κ3) is 4.52. The fraction of sp³-hybridized carbons (Fsp3) is 0.278. The van der Waals surface area contributed by atoms with Crippen molar-refractivity contribution in [1.82, 2.24) is 0 Å². The first-order chi connectivity index (χ1) is 12.5. The van der Waals surface area contributed by atoms with E-state index in [9.17, 15) is 13.9 Å². The molecule has 0 saturated heterocycles. The summed E-state index contributed by atoms with van der Waals surface area (Å²) in [5.74, 6) is -0.670. The second-order valence-electron chi connectivity index (χ2n) is 5.26. The van der Waals surface area contributed by atoms with Crippen LogP contribution in [0.4, 0.5) is 14.5 Å². The molecule has 2 rings (SSSR count). The number of methoxy groups -OCH3 is 2. The minimum Gasteiger partial charge on any atom is -0.493 e. The Morgan fingerprint density at radius 3 is 2.23 bits per heavy atom. The maximum Gasteiger partial charge on any atom is 0.203 e. The Balaban J connectivity index is 1.99. The predicted molar refractivity (Wildman–Crippen MR) is 90.6 cm³/mol. The molecule has 6 nitrogen and oxygen atoms in total. The van der Waals surface area contributed by atoms with Crippen molar-refractivity contribution in [1.29, 1.82) is 5.26 Å². The maximum absolute atomic E-state index is 13.8. The van der Waals surface area contributed by atoms with Gasteiger partial charge in [0.25, 0.3) is 0 Å². The van der Waals surface area contributed by atoms with E-state index in [2.05, 4.69) is 5.32 Å².